The van der Waals surface area contributed by atoms with Gasteiger partial charge < -0.3 is 20.3 Å². The zero-order valence-corrected chi connectivity index (χ0v) is 13.1. The van der Waals surface area contributed by atoms with Crippen molar-refractivity contribution in [1.29, 1.82) is 0 Å². The van der Waals surface area contributed by atoms with Gasteiger partial charge in [-0.1, -0.05) is 13.8 Å². The normalized spacial score (nSPS) is 24.5. The minimum absolute atomic E-state index is 0.00733. The van der Waals surface area contributed by atoms with E-state index in [-0.39, 0.29) is 17.9 Å². The van der Waals surface area contributed by atoms with Crippen LogP contribution in [0, 0.1) is 5.92 Å². The summed E-state index contributed by atoms with van der Waals surface area (Å²) in [6, 6.07) is -0.426. The van der Waals surface area contributed by atoms with Crippen molar-refractivity contribution in [2.45, 2.75) is 45.3 Å². The van der Waals surface area contributed by atoms with E-state index in [1.54, 1.807) is 4.90 Å². The average Bonchev–Trinajstić information content (AvgIpc) is 2.99. The molecule has 0 aliphatic carbocycles. The van der Waals surface area contributed by atoms with E-state index in [9.17, 15) is 9.59 Å². The van der Waals surface area contributed by atoms with Crippen molar-refractivity contribution >= 4 is 11.8 Å². The van der Waals surface area contributed by atoms with Crippen molar-refractivity contribution in [1.82, 2.24) is 9.80 Å². The second-order valence-electron chi connectivity index (χ2n) is 6.39. The summed E-state index contributed by atoms with van der Waals surface area (Å²) in [7, 11) is 0. The maximum absolute atomic E-state index is 12.2. The van der Waals surface area contributed by atoms with Crippen LogP contribution in [0.15, 0.2) is 0 Å². The fourth-order valence-electron chi connectivity index (χ4n) is 2.97. The molecule has 2 atom stereocenters. The molecule has 120 valence electrons. The monoisotopic (exact) mass is 297 g/mol. The van der Waals surface area contributed by atoms with E-state index in [1.807, 2.05) is 4.90 Å². The highest BCUT2D eigenvalue weighted by Gasteiger charge is 2.32. The molecule has 6 heteroatoms. The molecule has 0 spiro atoms. The van der Waals surface area contributed by atoms with Gasteiger partial charge in [-0.3, -0.25) is 9.59 Å². The zero-order chi connectivity index (χ0) is 15.4. The van der Waals surface area contributed by atoms with Crippen molar-refractivity contribution < 1.29 is 14.3 Å². The van der Waals surface area contributed by atoms with Gasteiger partial charge in [-0.2, -0.15) is 0 Å². The Morgan fingerprint density at radius 3 is 2.33 bits per heavy atom. The predicted octanol–water partition coefficient (Wildman–Crippen LogP) is 0.210. The summed E-state index contributed by atoms with van der Waals surface area (Å²) in [6.07, 6.45) is 2.21. The first kappa shape index (κ1) is 16.2. The Morgan fingerprint density at radius 2 is 1.81 bits per heavy atom. The lowest BCUT2D eigenvalue weighted by Gasteiger charge is -2.36. The van der Waals surface area contributed by atoms with Gasteiger partial charge in [-0.15, -0.1) is 0 Å². The standard InChI is InChI=1S/C15H27N3O3/c1-11(2)10-12(16)14(19)17-5-7-18(8-6-17)15(20)13-4-3-9-21-13/h11-13H,3-10,16H2,1-2H3/t12-,13?/m0/s1. The number of hydrogen-bond acceptors (Lipinski definition) is 4. The fourth-order valence-corrected chi connectivity index (χ4v) is 2.97. The van der Waals surface area contributed by atoms with Gasteiger partial charge in [0.25, 0.3) is 5.91 Å². The number of piperazine rings is 1. The van der Waals surface area contributed by atoms with Gasteiger partial charge >= 0.3 is 0 Å². The summed E-state index contributed by atoms with van der Waals surface area (Å²) in [4.78, 5) is 28.1. The second-order valence-corrected chi connectivity index (χ2v) is 6.39. The van der Waals surface area contributed by atoms with Gasteiger partial charge in [0, 0.05) is 32.8 Å². The lowest BCUT2D eigenvalue weighted by Crippen LogP contribution is -2.55. The Balaban J connectivity index is 1.79. The van der Waals surface area contributed by atoms with Gasteiger partial charge in [0.1, 0.15) is 6.10 Å². The Kier molecular flexibility index (Phi) is 5.58. The molecule has 2 rings (SSSR count). The molecule has 21 heavy (non-hydrogen) atoms. The number of amides is 2. The van der Waals surface area contributed by atoms with Crippen molar-refractivity contribution in [2.75, 3.05) is 32.8 Å². The molecule has 2 heterocycles. The van der Waals surface area contributed by atoms with Crippen LogP contribution >= 0.6 is 0 Å². The van der Waals surface area contributed by atoms with Crippen LogP contribution in [0.4, 0.5) is 0 Å². The molecule has 0 aromatic heterocycles. The Bertz CT molecular complexity index is 372. The number of nitrogens with two attached hydrogens (primary N) is 1. The largest absolute Gasteiger partial charge is 0.368 e. The maximum Gasteiger partial charge on any atom is 0.251 e. The van der Waals surface area contributed by atoms with Crippen LogP contribution in [-0.2, 0) is 14.3 Å². The summed E-state index contributed by atoms with van der Waals surface area (Å²) < 4.78 is 5.43. The Labute approximate surface area is 126 Å². The molecule has 0 saturated carbocycles. The predicted molar refractivity (Wildman–Crippen MR) is 79.6 cm³/mol. The van der Waals surface area contributed by atoms with E-state index in [1.165, 1.54) is 0 Å². The first-order chi connectivity index (χ1) is 9.99. The summed E-state index contributed by atoms with van der Waals surface area (Å²) in [5.41, 5.74) is 5.95. The zero-order valence-electron chi connectivity index (χ0n) is 13.1. The highest BCUT2D eigenvalue weighted by molar-refractivity contribution is 5.83. The van der Waals surface area contributed by atoms with E-state index >= 15 is 0 Å². The molecule has 2 aliphatic rings. The molecular weight excluding hydrogens is 270 g/mol. The molecule has 2 aliphatic heterocycles. The first-order valence-electron chi connectivity index (χ1n) is 7.93. The van der Waals surface area contributed by atoms with Gasteiger partial charge in [-0.05, 0) is 25.2 Å². The fraction of sp³-hybridized carbons (Fsp3) is 0.867. The van der Waals surface area contributed by atoms with Crippen molar-refractivity contribution in [3.63, 3.8) is 0 Å². The van der Waals surface area contributed by atoms with E-state index in [4.69, 9.17) is 10.5 Å². The lowest BCUT2D eigenvalue weighted by atomic mass is 10.0. The molecule has 1 unspecified atom stereocenters. The third-order valence-corrected chi connectivity index (χ3v) is 4.15. The summed E-state index contributed by atoms with van der Waals surface area (Å²) in [5, 5.41) is 0. The van der Waals surface area contributed by atoms with Crippen LogP contribution in [0.5, 0.6) is 0 Å². The minimum atomic E-state index is -0.426. The van der Waals surface area contributed by atoms with E-state index in [0.29, 0.717) is 45.1 Å². The van der Waals surface area contributed by atoms with Gasteiger partial charge in [0.05, 0.1) is 6.04 Å². The maximum atomic E-state index is 12.2. The van der Waals surface area contributed by atoms with Crippen molar-refractivity contribution in [3.8, 4) is 0 Å². The van der Waals surface area contributed by atoms with Crippen molar-refractivity contribution in [3.05, 3.63) is 0 Å². The van der Waals surface area contributed by atoms with E-state index in [2.05, 4.69) is 13.8 Å². The number of carbonyl (C=O) groups is 2. The molecule has 2 N–H and O–H groups in total. The number of rotatable bonds is 4. The number of carbonyl (C=O) groups excluding carboxylic acids is 2. The molecule has 0 radical (unpaired) electrons. The molecule has 2 saturated heterocycles. The minimum Gasteiger partial charge on any atom is -0.368 e. The summed E-state index contributed by atoms with van der Waals surface area (Å²) in [6.45, 7) is 7.11. The summed E-state index contributed by atoms with van der Waals surface area (Å²) in [5.74, 6) is 0.491. The second kappa shape index (κ2) is 7.22. The number of nitrogens with zero attached hydrogens (tertiary/aromatic N) is 2. The van der Waals surface area contributed by atoms with Crippen molar-refractivity contribution in [2.24, 2.45) is 11.7 Å². The van der Waals surface area contributed by atoms with Crippen LogP contribution < -0.4 is 5.73 Å². The van der Waals surface area contributed by atoms with Crippen LogP contribution in [0.2, 0.25) is 0 Å². The Hall–Kier alpha value is -1.14. The quantitative estimate of drug-likeness (QED) is 0.805. The topological polar surface area (TPSA) is 75.9 Å². The molecule has 6 nitrogen and oxygen atoms in total. The SMILES string of the molecule is CC(C)C[C@H](N)C(=O)N1CCN(C(=O)C2CCCO2)CC1. The summed E-state index contributed by atoms with van der Waals surface area (Å²) >= 11 is 0. The highest BCUT2D eigenvalue weighted by Crippen LogP contribution is 2.16. The number of hydrogen-bond donors (Lipinski definition) is 1. The molecule has 2 fully saturated rings. The lowest BCUT2D eigenvalue weighted by molar-refractivity contribution is -0.146. The smallest absolute Gasteiger partial charge is 0.251 e. The average molecular weight is 297 g/mol. The Morgan fingerprint density at radius 1 is 1.19 bits per heavy atom. The third-order valence-electron chi connectivity index (χ3n) is 4.15. The van der Waals surface area contributed by atoms with Gasteiger partial charge in [0.15, 0.2) is 0 Å². The molecular formula is C15H27N3O3. The molecule has 0 bridgehead atoms. The molecule has 2 amide bonds. The van der Waals surface area contributed by atoms with Gasteiger partial charge in [-0.25, -0.2) is 0 Å². The van der Waals surface area contributed by atoms with Crippen LogP contribution in [0.1, 0.15) is 33.1 Å². The number of ether oxygens (including phenoxy) is 1. The van der Waals surface area contributed by atoms with Crippen LogP contribution in [0.3, 0.4) is 0 Å². The van der Waals surface area contributed by atoms with Crippen LogP contribution in [0.25, 0.3) is 0 Å². The molecule has 0 aromatic carbocycles. The highest BCUT2D eigenvalue weighted by atomic mass is 16.5. The van der Waals surface area contributed by atoms with Gasteiger partial charge in [0.2, 0.25) is 5.91 Å². The molecule has 0 aromatic rings. The first-order valence-corrected chi connectivity index (χ1v) is 7.93. The van der Waals surface area contributed by atoms with E-state index in [0.717, 1.165) is 12.8 Å². The van der Waals surface area contributed by atoms with E-state index < -0.39 is 6.04 Å². The third kappa shape index (κ3) is 4.17. The van der Waals surface area contributed by atoms with Crippen LogP contribution in [-0.4, -0.2) is 66.5 Å².